The van der Waals surface area contributed by atoms with Crippen molar-refractivity contribution in [3.63, 3.8) is 0 Å². The first-order valence-corrected chi connectivity index (χ1v) is 18.8. The summed E-state index contributed by atoms with van der Waals surface area (Å²) in [5.41, 5.74) is 12.2. The molecule has 11 aromatic rings. The van der Waals surface area contributed by atoms with Crippen molar-refractivity contribution >= 4 is 65.4 Å². The van der Waals surface area contributed by atoms with Crippen molar-refractivity contribution in [2.45, 2.75) is 0 Å². The highest BCUT2D eigenvalue weighted by Crippen LogP contribution is 2.40. The second kappa shape index (κ2) is 12.5. The average Bonchev–Trinajstić information content (AvgIpc) is 3.91. The van der Waals surface area contributed by atoms with Gasteiger partial charge in [-0.3, -0.25) is 0 Å². The van der Waals surface area contributed by atoms with Crippen molar-refractivity contribution in [1.29, 1.82) is 10.5 Å². The third-order valence-electron chi connectivity index (χ3n) is 11.4. The van der Waals surface area contributed by atoms with Gasteiger partial charge >= 0.3 is 0 Å². The average molecular weight is 730 g/mol. The van der Waals surface area contributed by atoms with E-state index in [1.807, 2.05) is 54.6 Å². The highest BCUT2D eigenvalue weighted by atomic mass is 16.5. The van der Waals surface area contributed by atoms with E-state index in [1.54, 1.807) is 7.11 Å². The first kappa shape index (κ1) is 32.4. The van der Waals surface area contributed by atoms with Crippen molar-refractivity contribution in [3.05, 3.63) is 181 Å². The first-order chi connectivity index (χ1) is 28.1. The molecule has 0 fully saturated rings. The van der Waals surface area contributed by atoms with Crippen LogP contribution in [0.1, 0.15) is 11.1 Å². The fourth-order valence-corrected chi connectivity index (χ4v) is 8.87. The summed E-state index contributed by atoms with van der Waals surface area (Å²) >= 11 is 0. The molecule has 8 aromatic carbocycles. The lowest BCUT2D eigenvalue weighted by molar-refractivity contribution is 0.415. The predicted octanol–water partition coefficient (Wildman–Crippen LogP) is 12.4. The Balaban J connectivity index is 1.12. The molecule has 0 bridgehead atoms. The molecule has 266 valence electrons. The van der Waals surface area contributed by atoms with Gasteiger partial charge in [-0.1, -0.05) is 84.9 Å². The highest BCUT2D eigenvalue weighted by molar-refractivity contribution is 6.13. The zero-order valence-electron chi connectivity index (χ0n) is 30.8. The van der Waals surface area contributed by atoms with Crippen molar-refractivity contribution < 1.29 is 4.74 Å². The van der Waals surface area contributed by atoms with E-state index >= 15 is 0 Å². The summed E-state index contributed by atoms with van der Waals surface area (Å²) in [6.45, 7) is 0. The summed E-state index contributed by atoms with van der Waals surface area (Å²) in [6.07, 6.45) is 0. The largest absolute Gasteiger partial charge is 0.497 e. The molecule has 0 saturated heterocycles. The molecule has 0 unspecified atom stereocenters. The van der Waals surface area contributed by atoms with Crippen LogP contribution in [-0.4, -0.2) is 20.8 Å². The van der Waals surface area contributed by atoms with Gasteiger partial charge in [-0.2, -0.15) is 10.5 Å². The van der Waals surface area contributed by atoms with Crippen LogP contribution in [-0.2, 0) is 0 Å². The van der Waals surface area contributed by atoms with Crippen LogP contribution in [0, 0.1) is 22.7 Å². The molecule has 0 aliphatic heterocycles. The summed E-state index contributed by atoms with van der Waals surface area (Å²) < 4.78 is 12.7. The number of aromatic nitrogens is 3. The van der Waals surface area contributed by atoms with Crippen LogP contribution in [0.3, 0.4) is 0 Å². The number of nitrogens with zero attached hydrogens (tertiary/aromatic N) is 5. The fraction of sp³-hybridized carbons (Fsp3) is 0.0196. The molecule has 0 aliphatic rings. The Morgan fingerprint density at radius 1 is 0.404 bits per heavy atom. The summed E-state index contributed by atoms with van der Waals surface area (Å²) in [5.74, 6) is 0.699. The number of rotatable bonds is 5. The van der Waals surface area contributed by atoms with Crippen LogP contribution in [0.5, 0.6) is 5.75 Å². The quantitative estimate of drug-likeness (QED) is 0.177. The molecule has 11 rings (SSSR count). The second-order valence-corrected chi connectivity index (χ2v) is 14.4. The maximum atomic E-state index is 10.6. The van der Waals surface area contributed by atoms with Crippen LogP contribution >= 0.6 is 0 Å². The fourth-order valence-electron chi connectivity index (χ4n) is 8.87. The first-order valence-electron chi connectivity index (χ1n) is 18.8. The van der Waals surface area contributed by atoms with Crippen LogP contribution in [0.4, 0.5) is 0 Å². The van der Waals surface area contributed by atoms with E-state index in [4.69, 9.17) is 4.74 Å². The minimum absolute atomic E-state index is 0.572. The number of fused-ring (bicyclic) bond motifs is 9. The van der Waals surface area contributed by atoms with Gasteiger partial charge in [0.2, 0.25) is 0 Å². The Morgan fingerprint density at radius 2 is 0.965 bits per heavy atom. The van der Waals surface area contributed by atoms with E-state index in [-0.39, 0.29) is 0 Å². The molecule has 0 spiro atoms. The number of methoxy groups -OCH3 is 1. The maximum absolute atomic E-state index is 10.6. The molecule has 0 amide bonds. The molecule has 3 aromatic heterocycles. The van der Waals surface area contributed by atoms with Crippen molar-refractivity contribution in [1.82, 2.24) is 13.7 Å². The normalized spacial score (nSPS) is 11.6. The molecule has 0 aliphatic carbocycles. The van der Waals surface area contributed by atoms with Gasteiger partial charge < -0.3 is 18.4 Å². The van der Waals surface area contributed by atoms with Gasteiger partial charge in [0.25, 0.3) is 0 Å². The molecule has 0 atom stereocenters. The molecule has 0 radical (unpaired) electrons. The van der Waals surface area contributed by atoms with E-state index in [1.165, 1.54) is 10.8 Å². The predicted molar refractivity (Wildman–Crippen MR) is 231 cm³/mol. The third-order valence-corrected chi connectivity index (χ3v) is 11.4. The minimum Gasteiger partial charge on any atom is -0.497 e. The van der Waals surface area contributed by atoms with Gasteiger partial charge in [0.15, 0.2) is 0 Å². The monoisotopic (exact) mass is 729 g/mol. The van der Waals surface area contributed by atoms with Gasteiger partial charge in [0.05, 0.1) is 68.8 Å². The topological polar surface area (TPSA) is 71.6 Å². The standard InChI is InChI=1S/C51H31N5O/c1-57-38-26-35(25-37(28-38)55-47-16-8-4-12-41(47)43-22-18-32(30-52)24-51(43)55)33-19-20-34(31-53)50(27-33)56-48-17-9-5-13-42(48)44-29-36(21-23-49(44)56)54-45-14-6-2-10-39(45)40-11-3-7-15-46(40)54/h2-29H,1H3. The number of benzene rings is 8. The lowest BCUT2D eigenvalue weighted by atomic mass is 10.0. The smallest absolute Gasteiger partial charge is 0.121 e. The van der Waals surface area contributed by atoms with E-state index in [0.29, 0.717) is 16.9 Å². The molecular weight excluding hydrogens is 699 g/mol. The highest BCUT2D eigenvalue weighted by Gasteiger charge is 2.20. The molecule has 6 heteroatoms. The molecule has 57 heavy (non-hydrogen) atoms. The SMILES string of the molecule is COc1cc(-c2ccc(C#N)c(-n3c4ccccc4c4cc(-n5c6ccccc6c6ccccc65)ccc43)c2)cc(-n2c3ccccc3c3ccc(C#N)cc32)c1. The van der Waals surface area contributed by atoms with E-state index in [2.05, 4.69) is 141 Å². The number of ether oxygens (including phenoxy) is 1. The van der Waals surface area contributed by atoms with Gasteiger partial charge in [-0.15, -0.1) is 0 Å². The Bertz CT molecular complexity index is 3500. The zero-order valence-corrected chi connectivity index (χ0v) is 30.8. The van der Waals surface area contributed by atoms with Crippen molar-refractivity contribution in [2.24, 2.45) is 0 Å². The van der Waals surface area contributed by atoms with Gasteiger partial charge in [0.1, 0.15) is 11.8 Å². The Hall–Kier alpha value is -8.06. The lowest BCUT2D eigenvalue weighted by Gasteiger charge is -2.15. The number of nitriles is 2. The van der Waals surface area contributed by atoms with Gasteiger partial charge in [-0.05, 0) is 90.0 Å². The number of hydrogen-bond donors (Lipinski definition) is 0. The second-order valence-electron chi connectivity index (χ2n) is 14.4. The summed E-state index contributed by atoms with van der Waals surface area (Å²) in [6, 6.07) is 63.4. The molecule has 0 N–H and O–H groups in total. The molecular formula is C51H31N5O. The van der Waals surface area contributed by atoms with E-state index in [0.717, 1.165) is 82.8 Å². The number of para-hydroxylation sites is 4. The van der Waals surface area contributed by atoms with Crippen molar-refractivity contribution in [2.75, 3.05) is 7.11 Å². The molecule has 6 nitrogen and oxygen atoms in total. The minimum atomic E-state index is 0.572. The Labute approximate surface area is 327 Å². The van der Waals surface area contributed by atoms with E-state index in [9.17, 15) is 10.5 Å². The summed E-state index contributed by atoms with van der Waals surface area (Å²) in [7, 11) is 1.68. The van der Waals surface area contributed by atoms with Crippen LogP contribution < -0.4 is 4.74 Å². The third kappa shape index (κ3) is 4.82. The van der Waals surface area contributed by atoms with Crippen molar-refractivity contribution in [3.8, 4) is 46.1 Å². The van der Waals surface area contributed by atoms with Gasteiger partial charge in [0, 0.05) is 44.1 Å². The lowest BCUT2D eigenvalue weighted by Crippen LogP contribution is -2.00. The summed E-state index contributed by atoms with van der Waals surface area (Å²) in [4.78, 5) is 0. The van der Waals surface area contributed by atoms with E-state index < -0.39 is 0 Å². The Morgan fingerprint density at radius 3 is 1.58 bits per heavy atom. The van der Waals surface area contributed by atoms with Crippen LogP contribution in [0.15, 0.2) is 170 Å². The molecule has 0 saturated carbocycles. The van der Waals surface area contributed by atoms with Crippen LogP contribution in [0.25, 0.3) is 93.6 Å². The van der Waals surface area contributed by atoms with Gasteiger partial charge in [-0.25, -0.2) is 0 Å². The summed E-state index contributed by atoms with van der Waals surface area (Å²) in [5, 5.41) is 27.2. The zero-order chi connectivity index (χ0) is 38.2. The molecule has 3 heterocycles. The number of hydrogen-bond acceptors (Lipinski definition) is 3. The maximum Gasteiger partial charge on any atom is 0.121 e. The Kier molecular flexibility index (Phi) is 7.10. The van der Waals surface area contributed by atoms with Crippen LogP contribution in [0.2, 0.25) is 0 Å².